The van der Waals surface area contributed by atoms with E-state index in [2.05, 4.69) is 20.8 Å². The van der Waals surface area contributed by atoms with Gasteiger partial charge in [0, 0.05) is 18.2 Å². The van der Waals surface area contributed by atoms with Gasteiger partial charge in [0.1, 0.15) is 26.5 Å². The monoisotopic (exact) mass is 392 g/mol. The average molecular weight is 392 g/mol. The van der Waals surface area contributed by atoms with Gasteiger partial charge in [0.25, 0.3) is 11.8 Å². The summed E-state index contributed by atoms with van der Waals surface area (Å²) in [6.45, 7) is 6.33. The van der Waals surface area contributed by atoms with E-state index in [0.717, 1.165) is 0 Å². The first-order valence-electron chi connectivity index (χ1n) is 8.76. The Balaban J connectivity index is 2.95. The van der Waals surface area contributed by atoms with E-state index >= 15 is 0 Å². The third kappa shape index (κ3) is 7.26. The van der Waals surface area contributed by atoms with Crippen molar-refractivity contribution in [2.75, 3.05) is 27.9 Å². The SMILES string of the molecule is CNC(=O)C(=NOC)c1ccccc1CON=C(C)/C(=N\OC)OCC(C)C. The summed E-state index contributed by atoms with van der Waals surface area (Å²) in [4.78, 5) is 27.1. The molecule has 0 heterocycles. The molecule has 0 atom stereocenters. The molecule has 0 fully saturated rings. The largest absolute Gasteiger partial charge is 0.474 e. The maximum Gasteiger partial charge on any atom is 0.275 e. The molecule has 1 aromatic rings. The predicted molar refractivity (Wildman–Crippen MR) is 107 cm³/mol. The molecule has 0 saturated heterocycles. The summed E-state index contributed by atoms with van der Waals surface area (Å²) in [6.07, 6.45) is 0. The molecular weight excluding hydrogens is 364 g/mol. The van der Waals surface area contributed by atoms with E-state index in [0.29, 0.717) is 29.4 Å². The lowest BCUT2D eigenvalue weighted by molar-refractivity contribution is -0.114. The Labute approximate surface area is 165 Å². The first-order chi connectivity index (χ1) is 13.4. The highest BCUT2D eigenvalue weighted by Gasteiger charge is 2.17. The molecule has 1 amide bonds. The van der Waals surface area contributed by atoms with E-state index in [1.807, 2.05) is 26.0 Å². The van der Waals surface area contributed by atoms with Crippen molar-refractivity contribution in [3.05, 3.63) is 35.4 Å². The molecule has 1 N–H and O–H groups in total. The van der Waals surface area contributed by atoms with Crippen LogP contribution in [0.1, 0.15) is 31.9 Å². The van der Waals surface area contributed by atoms with Crippen LogP contribution in [0.25, 0.3) is 0 Å². The van der Waals surface area contributed by atoms with E-state index in [4.69, 9.17) is 19.2 Å². The van der Waals surface area contributed by atoms with E-state index in [1.54, 1.807) is 19.1 Å². The predicted octanol–water partition coefficient (Wildman–Crippen LogP) is 2.31. The van der Waals surface area contributed by atoms with Crippen LogP contribution in [0.5, 0.6) is 0 Å². The first kappa shape index (κ1) is 22.9. The van der Waals surface area contributed by atoms with Crippen LogP contribution >= 0.6 is 0 Å². The zero-order valence-corrected chi connectivity index (χ0v) is 17.2. The van der Waals surface area contributed by atoms with Crippen molar-refractivity contribution < 1.29 is 24.0 Å². The van der Waals surface area contributed by atoms with Gasteiger partial charge in [-0.1, -0.05) is 48.4 Å². The Morgan fingerprint density at radius 2 is 1.79 bits per heavy atom. The highest BCUT2D eigenvalue weighted by atomic mass is 16.6. The normalized spacial score (nSPS) is 12.6. The number of ether oxygens (including phenoxy) is 1. The number of benzene rings is 1. The number of carbonyl (C=O) groups is 1. The number of oxime groups is 3. The summed E-state index contributed by atoms with van der Waals surface area (Å²) in [5.74, 6) is 0.202. The van der Waals surface area contributed by atoms with Crippen LogP contribution in [0.15, 0.2) is 39.7 Å². The van der Waals surface area contributed by atoms with Gasteiger partial charge in [-0.05, 0) is 18.0 Å². The van der Waals surface area contributed by atoms with Crippen molar-refractivity contribution in [2.45, 2.75) is 27.4 Å². The van der Waals surface area contributed by atoms with Crippen LogP contribution in [0, 0.1) is 5.92 Å². The molecule has 0 unspecified atom stereocenters. The van der Waals surface area contributed by atoms with Crippen molar-refractivity contribution in [3.8, 4) is 0 Å². The number of hydrogen-bond donors (Lipinski definition) is 1. The number of likely N-dealkylation sites (N-methyl/N-ethyl adjacent to an activating group) is 1. The Morgan fingerprint density at radius 1 is 1.11 bits per heavy atom. The Kier molecular flexibility index (Phi) is 10.1. The minimum absolute atomic E-state index is 0.109. The molecule has 0 bridgehead atoms. The van der Waals surface area contributed by atoms with Gasteiger partial charge in [0.05, 0.1) is 6.61 Å². The summed E-state index contributed by atoms with van der Waals surface area (Å²) in [5, 5.41) is 14.2. The number of amides is 1. The lowest BCUT2D eigenvalue weighted by atomic mass is 10.0. The summed E-state index contributed by atoms with van der Waals surface area (Å²) in [5.41, 5.74) is 1.87. The van der Waals surface area contributed by atoms with E-state index < -0.39 is 0 Å². The Hall–Kier alpha value is -3.10. The second kappa shape index (κ2) is 12.3. The third-order valence-electron chi connectivity index (χ3n) is 3.36. The molecule has 0 spiro atoms. The molecule has 28 heavy (non-hydrogen) atoms. The second-order valence-electron chi connectivity index (χ2n) is 6.09. The molecule has 0 radical (unpaired) electrons. The van der Waals surface area contributed by atoms with Crippen LogP contribution in [-0.2, 0) is 30.7 Å². The molecule has 0 aliphatic heterocycles. The number of nitrogens with zero attached hydrogens (tertiary/aromatic N) is 3. The van der Waals surface area contributed by atoms with E-state index in [9.17, 15) is 4.79 Å². The standard InChI is InChI=1S/C19H28N4O5/c1-13(2)11-27-19(23-26-6)14(3)21-28-12-15-9-7-8-10-16(15)17(22-25-5)18(24)20-4/h7-10,13H,11-12H2,1-6H3,(H,20,24)/b21-14?,22-17?,23-19+. The lowest BCUT2D eigenvalue weighted by Gasteiger charge is -2.11. The van der Waals surface area contributed by atoms with Crippen molar-refractivity contribution in [1.29, 1.82) is 0 Å². The third-order valence-corrected chi connectivity index (χ3v) is 3.36. The van der Waals surface area contributed by atoms with Crippen molar-refractivity contribution in [1.82, 2.24) is 5.32 Å². The van der Waals surface area contributed by atoms with Gasteiger partial charge in [-0.3, -0.25) is 4.79 Å². The highest BCUT2D eigenvalue weighted by molar-refractivity contribution is 6.45. The van der Waals surface area contributed by atoms with Crippen molar-refractivity contribution >= 4 is 23.2 Å². The Morgan fingerprint density at radius 3 is 2.39 bits per heavy atom. The van der Waals surface area contributed by atoms with Gasteiger partial charge < -0.3 is 24.6 Å². The lowest BCUT2D eigenvalue weighted by Crippen LogP contribution is -2.29. The van der Waals surface area contributed by atoms with Crippen molar-refractivity contribution in [3.63, 3.8) is 0 Å². The maximum atomic E-state index is 12.1. The van der Waals surface area contributed by atoms with Gasteiger partial charge in [0.2, 0.25) is 0 Å². The summed E-state index contributed by atoms with van der Waals surface area (Å²) in [6, 6.07) is 7.20. The number of rotatable bonds is 10. The minimum Gasteiger partial charge on any atom is -0.474 e. The maximum absolute atomic E-state index is 12.1. The van der Waals surface area contributed by atoms with Crippen LogP contribution in [0.4, 0.5) is 0 Å². The highest BCUT2D eigenvalue weighted by Crippen LogP contribution is 2.13. The quantitative estimate of drug-likeness (QED) is 0.374. The van der Waals surface area contributed by atoms with Gasteiger partial charge in [-0.25, -0.2) is 0 Å². The first-order valence-corrected chi connectivity index (χ1v) is 8.76. The van der Waals surface area contributed by atoms with Gasteiger partial charge >= 0.3 is 0 Å². The molecule has 0 aromatic heterocycles. The fourth-order valence-electron chi connectivity index (χ4n) is 2.06. The van der Waals surface area contributed by atoms with Crippen LogP contribution in [0.2, 0.25) is 0 Å². The molecule has 0 aliphatic rings. The molecule has 1 rings (SSSR count). The topological polar surface area (TPSA) is 103 Å². The average Bonchev–Trinajstić information content (AvgIpc) is 2.69. The summed E-state index contributed by atoms with van der Waals surface area (Å²) in [7, 11) is 4.33. The van der Waals surface area contributed by atoms with Gasteiger partial charge in [-0.15, -0.1) is 0 Å². The van der Waals surface area contributed by atoms with E-state index in [-0.39, 0.29) is 24.1 Å². The fraction of sp³-hybridized carbons (Fsp3) is 0.474. The minimum atomic E-state index is -0.370. The number of carbonyl (C=O) groups excluding carboxylic acids is 1. The molecular formula is C19H28N4O5. The second-order valence-corrected chi connectivity index (χ2v) is 6.09. The molecule has 0 saturated carbocycles. The smallest absolute Gasteiger partial charge is 0.275 e. The molecule has 0 aliphatic carbocycles. The van der Waals surface area contributed by atoms with E-state index in [1.165, 1.54) is 21.3 Å². The van der Waals surface area contributed by atoms with Gasteiger partial charge in [-0.2, -0.15) is 0 Å². The molecule has 9 nitrogen and oxygen atoms in total. The zero-order chi connectivity index (χ0) is 20.9. The molecule has 9 heteroatoms. The zero-order valence-electron chi connectivity index (χ0n) is 17.2. The summed E-state index contributed by atoms with van der Waals surface area (Å²) < 4.78 is 5.57. The van der Waals surface area contributed by atoms with Crippen molar-refractivity contribution in [2.24, 2.45) is 21.4 Å². The van der Waals surface area contributed by atoms with Crippen LogP contribution in [-0.4, -0.2) is 51.1 Å². The number of nitrogens with one attached hydrogen (secondary N) is 1. The molecule has 1 aromatic carbocycles. The van der Waals surface area contributed by atoms with Crippen LogP contribution in [0.3, 0.4) is 0 Å². The fourth-order valence-corrected chi connectivity index (χ4v) is 2.06. The molecule has 154 valence electrons. The Bertz CT molecular complexity index is 729. The number of hydrogen-bond acceptors (Lipinski definition) is 8. The summed E-state index contributed by atoms with van der Waals surface area (Å²) >= 11 is 0. The van der Waals surface area contributed by atoms with Crippen LogP contribution < -0.4 is 5.32 Å². The van der Waals surface area contributed by atoms with Gasteiger partial charge in [0.15, 0.2) is 5.71 Å².